The third-order valence-corrected chi connectivity index (χ3v) is 3.78. The first-order valence-corrected chi connectivity index (χ1v) is 5.73. The van der Waals surface area contributed by atoms with Gasteiger partial charge in [-0.2, -0.15) is 0 Å². The normalized spacial score (nSPS) is 45.1. The largest absolute Gasteiger partial charge is 0.394 e. The summed E-state index contributed by atoms with van der Waals surface area (Å²) in [4.78, 5) is 4.30. The number of aliphatic hydroxyl groups is 2. The van der Waals surface area contributed by atoms with Crippen LogP contribution in [-0.4, -0.2) is 58.8 Å². The molecule has 0 aromatic heterocycles. The lowest BCUT2D eigenvalue weighted by Crippen LogP contribution is -2.56. The van der Waals surface area contributed by atoms with Gasteiger partial charge >= 0.3 is 0 Å². The van der Waals surface area contributed by atoms with Gasteiger partial charge in [0.2, 0.25) is 0 Å². The molecule has 0 spiro atoms. The number of nitrogens with zero attached hydrogens (tertiary/aromatic N) is 1. The van der Waals surface area contributed by atoms with Crippen LogP contribution in [0.15, 0.2) is 4.99 Å². The maximum Gasteiger partial charge on any atom is 0.134 e. The summed E-state index contributed by atoms with van der Waals surface area (Å²) in [5.74, 6) is 0. The molecule has 0 aromatic carbocycles. The van der Waals surface area contributed by atoms with E-state index in [-0.39, 0.29) is 18.1 Å². The molecule has 2 N–H and O–H groups in total. The molecule has 0 saturated carbocycles. The van der Waals surface area contributed by atoms with Gasteiger partial charge in [0.1, 0.15) is 29.8 Å². The monoisotopic (exact) mass is 233 g/mol. The van der Waals surface area contributed by atoms with E-state index in [1.807, 2.05) is 6.92 Å². The van der Waals surface area contributed by atoms with Gasteiger partial charge in [-0.05, 0) is 6.92 Å². The molecule has 0 amide bonds. The van der Waals surface area contributed by atoms with Crippen LogP contribution in [0.4, 0.5) is 0 Å². The van der Waals surface area contributed by atoms with Crippen LogP contribution in [0, 0.1) is 0 Å². The van der Waals surface area contributed by atoms with Crippen LogP contribution < -0.4 is 0 Å². The van der Waals surface area contributed by atoms with Crippen molar-refractivity contribution in [2.45, 2.75) is 36.7 Å². The van der Waals surface area contributed by atoms with Gasteiger partial charge in [-0.25, -0.2) is 0 Å². The second-order valence-corrected chi connectivity index (χ2v) is 4.96. The highest BCUT2D eigenvalue weighted by Gasteiger charge is 2.48. The first kappa shape index (κ1) is 11.3. The van der Waals surface area contributed by atoms with Crippen molar-refractivity contribution in [2.75, 3.05) is 13.7 Å². The molecular weight excluding hydrogens is 218 g/mol. The fourth-order valence-electron chi connectivity index (χ4n) is 1.99. The van der Waals surface area contributed by atoms with Gasteiger partial charge in [-0.1, -0.05) is 11.8 Å². The highest BCUT2D eigenvalue weighted by molar-refractivity contribution is 8.14. The number of methoxy groups -OCH3 is 1. The predicted octanol–water partition coefficient (Wildman–Crippen LogP) is -0.387. The Balaban J connectivity index is 2.16. The smallest absolute Gasteiger partial charge is 0.134 e. The van der Waals surface area contributed by atoms with E-state index in [0.29, 0.717) is 0 Å². The van der Waals surface area contributed by atoms with Gasteiger partial charge in [0, 0.05) is 7.11 Å². The quantitative estimate of drug-likeness (QED) is 0.680. The van der Waals surface area contributed by atoms with Gasteiger partial charge in [-0.3, -0.25) is 4.99 Å². The first-order chi connectivity index (χ1) is 7.17. The van der Waals surface area contributed by atoms with Gasteiger partial charge in [0.05, 0.1) is 11.7 Å². The molecule has 6 heteroatoms. The highest BCUT2D eigenvalue weighted by atomic mass is 32.2. The number of aliphatic hydroxyl groups excluding tert-OH is 2. The number of ether oxygens (including phenoxy) is 2. The van der Waals surface area contributed by atoms with E-state index in [1.165, 1.54) is 18.9 Å². The zero-order valence-electron chi connectivity index (χ0n) is 8.66. The maximum absolute atomic E-state index is 10.0. The molecule has 2 aliphatic rings. The third-order valence-electron chi connectivity index (χ3n) is 2.71. The molecular formula is C9H15NO4S. The molecule has 5 nitrogen and oxygen atoms in total. The van der Waals surface area contributed by atoms with Crippen molar-refractivity contribution < 1.29 is 19.7 Å². The van der Waals surface area contributed by atoms with Crippen molar-refractivity contribution >= 4 is 16.8 Å². The Labute approximate surface area is 92.5 Å². The summed E-state index contributed by atoms with van der Waals surface area (Å²) in [5, 5.41) is 20.1. The van der Waals surface area contributed by atoms with Crippen molar-refractivity contribution in [2.24, 2.45) is 4.99 Å². The van der Waals surface area contributed by atoms with E-state index in [2.05, 4.69) is 4.99 Å². The highest BCUT2D eigenvalue weighted by Crippen LogP contribution is 2.36. The van der Waals surface area contributed by atoms with E-state index >= 15 is 0 Å². The SMILES string of the molecule is CO[C@@H]1C(CO)O[C@H]2SC(C)=NC2[C@H]1O. The second kappa shape index (κ2) is 4.39. The summed E-state index contributed by atoms with van der Waals surface area (Å²) in [6, 6.07) is -0.275. The number of aliphatic imine (C=N–C) groups is 1. The fourth-order valence-corrected chi connectivity index (χ4v) is 3.07. The van der Waals surface area contributed by atoms with E-state index in [0.717, 1.165) is 5.04 Å². The zero-order valence-corrected chi connectivity index (χ0v) is 9.48. The molecule has 2 heterocycles. The number of rotatable bonds is 2. The molecule has 15 heavy (non-hydrogen) atoms. The lowest BCUT2D eigenvalue weighted by Gasteiger charge is -2.39. The minimum absolute atomic E-state index is 0.154. The molecule has 1 fully saturated rings. The molecule has 2 unspecified atom stereocenters. The van der Waals surface area contributed by atoms with E-state index in [4.69, 9.17) is 14.6 Å². The van der Waals surface area contributed by atoms with E-state index in [1.54, 1.807) is 0 Å². The Hall–Kier alpha value is -0.140. The lowest BCUT2D eigenvalue weighted by atomic mass is 9.98. The Bertz CT molecular complexity index is 273. The predicted molar refractivity (Wildman–Crippen MR) is 57.0 cm³/mol. The third kappa shape index (κ3) is 1.92. The maximum atomic E-state index is 10.0. The van der Waals surface area contributed by atoms with Crippen molar-refractivity contribution in [1.29, 1.82) is 0 Å². The van der Waals surface area contributed by atoms with Crippen LogP contribution in [-0.2, 0) is 9.47 Å². The molecule has 0 radical (unpaired) electrons. The zero-order chi connectivity index (χ0) is 11.0. The Morgan fingerprint density at radius 3 is 2.93 bits per heavy atom. The van der Waals surface area contributed by atoms with Crippen LogP contribution in [0.25, 0.3) is 0 Å². The lowest BCUT2D eigenvalue weighted by molar-refractivity contribution is -0.175. The molecule has 86 valence electrons. The van der Waals surface area contributed by atoms with Gasteiger partial charge < -0.3 is 19.7 Å². The standard InChI is InChI=1S/C9H15NO4S/c1-4-10-6-7(12)8(13-2)5(3-11)14-9(6)15-4/h5-9,11-12H,3H2,1-2H3/t5?,6?,7-,8-,9+/m1/s1. The molecule has 5 atom stereocenters. The second-order valence-electron chi connectivity index (χ2n) is 3.67. The van der Waals surface area contributed by atoms with Gasteiger partial charge in [0.15, 0.2) is 0 Å². The number of fused-ring (bicyclic) bond motifs is 1. The molecule has 1 saturated heterocycles. The topological polar surface area (TPSA) is 71.3 Å². The first-order valence-electron chi connectivity index (χ1n) is 4.85. The number of hydrogen-bond donors (Lipinski definition) is 2. The summed E-state index contributed by atoms with van der Waals surface area (Å²) >= 11 is 1.49. The Morgan fingerprint density at radius 1 is 1.60 bits per heavy atom. The van der Waals surface area contributed by atoms with Crippen molar-refractivity contribution in [3.05, 3.63) is 0 Å². The minimum atomic E-state index is -0.712. The van der Waals surface area contributed by atoms with E-state index in [9.17, 15) is 5.11 Å². The number of thioether (sulfide) groups is 1. The Kier molecular flexibility index (Phi) is 3.32. The average Bonchev–Trinajstić information content (AvgIpc) is 2.59. The molecule has 2 aliphatic heterocycles. The van der Waals surface area contributed by atoms with Gasteiger partial charge in [0.25, 0.3) is 0 Å². The van der Waals surface area contributed by atoms with Crippen molar-refractivity contribution in [3.8, 4) is 0 Å². The van der Waals surface area contributed by atoms with Crippen LogP contribution in [0.2, 0.25) is 0 Å². The average molecular weight is 233 g/mol. The summed E-state index contributed by atoms with van der Waals surface area (Å²) in [6.07, 6.45) is -1.69. The molecule has 0 aromatic rings. The molecule has 2 rings (SSSR count). The summed E-state index contributed by atoms with van der Waals surface area (Å²) < 4.78 is 10.8. The van der Waals surface area contributed by atoms with Crippen LogP contribution >= 0.6 is 11.8 Å². The molecule has 0 aliphatic carbocycles. The van der Waals surface area contributed by atoms with E-state index < -0.39 is 18.3 Å². The fraction of sp³-hybridized carbons (Fsp3) is 0.889. The van der Waals surface area contributed by atoms with Crippen LogP contribution in [0.3, 0.4) is 0 Å². The van der Waals surface area contributed by atoms with Crippen molar-refractivity contribution in [1.82, 2.24) is 0 Å². The van der Waals surface area contributed by atoms with Crippen LogP contribution in [0.1, 0.15) is 6.92 Å². The molecule has 0 bridgehead atoms. The van der Waals surface area contributed by atoms with Gasteiger partial charge in [-0.15, -0.1) is 0 Å². The summed E-state index contributed by atoms with van der Waals surface area (Å²) in [6.45, 7) is 1.73. The minimum Gasteiger partial charge on any atom is -0.394 e. The van der Waals surface area contributed by atoms with Crippen molar-refractivity contribution in [3.63, 3.8) is 0 Å². The summed E-state index contributed by atoms with van der Waals surface area (Å²) in [5.41, 5.74) is -0.191. The Morgan fingerprint density at radius 2 is 2.33 bits per heavy atom. The summed E-state index contributed by atoms with van der Waals surface area (Å²) in [7, 11) is 1.50. The van der Waals surface area contributed by atoms with Crippen LogP contribution in [0.5, 0.6) is 0 Å². The number of hydrogen-bond acceptors (Lipinski definition) is 6.